The molecule has 7 heteroatoms. The van der Waals surface area contributed by atoms with Crippen molar-refractivity contribution in [3.63, 3.8) is 0 Å². The smallest absolute Gasteiger partial charge is 0.311 e. The quantitative estimate of drug-likeness (QED) is 0.753. The van der Waals surface area contributed by atoms with Crippen molar-refractivity contribution in [2.45, 2.75) is 25.8 Å². The molecule has 0 aliphatic rings. The van der Waals surface area contributed by atoms with Crippen LogP contribution in [0.3, 0.4) is 0 Å². The molecule has 23 heavy (non-hydrogen) atoms. The Morgan fingerprint density at radius 1 is 1.35 bits per heavy atom. The van der Waals surface area contributed by atoms with E-state index < -0.39 is 6.04 Å². The summed E-state index contributed by atoms with van der Waals surface area (Å²) in [4.78, 5) is 27.7. The Bertz CT molecular complexity index is 658. The molecule has 0 radical (unpaired) electrons. The zero-order valence-corrected chi connectivity index (χ0v) is 13.6. The number of carbonyl (C=O) groups excluding carboxylic acids is 2. The van der Waals surface area contributed by atoms with E-state index in [1.807, 2.05) is 30.3 Å². The number of esters is 1. The van der Waals surface area contributed by atoms with Gasteiger partial charge in [-0.15, -0.1) is 11.3 Å². The Hall–Kier alpha value is -2.25. The van der Waals surface area contributed by atoms with Gasteiger partial charge in [0.05, 0.1) is 24.8 Å². The molecule has 1 atom stereocenters. The Labute approximate surface area is 138 Å². The van der Waals surface area contributed by atoms with E-state index in [-0.39, 0.29) is 18.3 Å². The molecule has 0 aliphatic carbocycles. The lowest BCUT2D eigenvalue weighted by Gasteiger charge is -2.10. The van der Waals surface area contributed by atoms with E-state index >= 15 is 0 Å². The van der Waals surface area contributed by atoms with E-state index in [1.165, 1.54) is 11.3 Å². The standard InChI is InChI=1S/C16H19N3O3S/c1-2-22-14(20)9-12-10-23-16(18-12)19-15(21)13(17)8-11-6-4-3-5-7-11/h3-7,10,13H,2,8-9,17H2,1H3,(H,18,19,21). The molecule has 1 heterocycles. The fraction of sp³-hybridized carbons (Fsp3) is 0.312. The first-order chi connectivity index (χ1) is 11.1. The molecule has 0 saturated carbocycles. The Balaban J connectivity index is 1.87. The van der Waals surface area contributed by atoms with E-state index in [4.69, 9.17) is 10.5 Å². The van der Waals surface area contributed by atoms with Crippen LogP contribution in [0.15, 0.2) is 35.7 Å². The van der Waals surface area contributed by atoms with Crippen LogP contribution in [0.5, 0.6) is 0 Å². The van der Waals surface area contributed by atoms with Gasteiger partial charge in [-0.25, -0.2) is 4.98 Å². The third-order valence-corrected chi connectivity index (χ3v) is 3.85. The van der Waals surface area contributed by atoms with Crippen LogP contribution in [0, 0.1) is 0 Å². The van der Waals surface area contributed by atoms with Crippen molar-refractivity contribution >= 4 is 28.3 Å². The highest BCUT2D eigenvalue weighted by Crippen LogP contribution is 2.16. The van der Waals surface area contributed by atoms with Gasteiger partial charge in [0.1, 0.15) is 0 Å². The number of anilines is 1. The molecule has 0 aliphatic heterocycles. The van der Waals surface area contributed by atoms with E-state index in [1.54, 1.807) is 12.3 Å². The summed E-state index contributed by atoms with van der Waals surface area (Å²) in [7, 11) is 0. The summed E-state index contributed by atoms with van der Waals surface area (Å²) in [6.07, 6.45) is 0.546. The molecular weight excluding hydrogens is 314 g/mol. The predicted molar refractivity (Wildman–Crippen MR) is 89.2 cm³/mol. The monoisotopic (exact) mass is 333 g/mol. The van der Waals surface area contributed by atoms with Gasteiger partial charge in [0.25, 0.3) is 0 Å². The van der Waals surface area contributed by atoms with Crippen LogP contribution in [-0.2, 0) is 27.2 Å². The number of hydrogen-bond acceptors (Lipinski definition) is 6. The van der Waals surface area contributed by atoms with E-state index in [2.05, 4.69) is 10.3 Å². The third-order valence-electron chi connectivity index (χ3n) is 3.05. The second-order valence-corrected chi connectivity index (χ2v) is 5.77. The van der Waals surface area contributed by atoms with Crippen LogP contribution in [0.2, 0.25) is 0 Å². The first-order valence-electron chi connectivity index (χ1n) is 7.29. The van der Waals surface area contributed by atoms with Gasteiger partial charge in [-0.05, 0) is 18.9 Å². The molecule has 1 amide bonds. The number of benzene rings is 1. The number of nitrogens with one attached hydrogen (secondary N) is 1. The number of rotatable bonds is 7. The van der Waals surface area contributed by atoms with Crippen molar-refractivity contribution in [2.24, 2.45) is 5.73 Å². The second-order valence-electron chi connectivity index (χ2n) is 4.91. The van der Waals surface area contributed by atoms with Gasteiger partial charge in [-0.3, -0.25) is 9.59 Å². The lowest BCUT2D eigenvalue weighted by molar-refractivity contribution is -0.142. The largest absolute Gasteiger partial charge is 0.466 e. The fourth-order valence-corrected chi connectivity index (χ4v) is 2.68. The highest BCUT2D eigenvalue weighted by atomic mass is 32.1. The summed E-state index contributed by atoms with van der Waals surface area (Å²) in [5.74, 6) is -0.637. The average molecular weight is 333 g/mol. The maximum absolute atomic E-state index is 12.1. The molecule has 6 nitrogen and oxygen atoms in total. The van der Waals surface area contributed by atoms with Gasteiger partial charge in [0, 0.05) is 5.38 Å². The number of carbonyl (C=O) groups is 2. The molecule has 1 aromatic heterocycles. The minimum absolute atomic E-state index is 0.0935. The molecule has 1 unspecified atom stereocenters. The van der Waals surface area contributed by atoms with Crippen molar-refractivity contribution in [2.75, 3.05) is 11.9 Å². The van der Waals surface area contributed by atoms with Crippen LogP contribution in [0.1, 0.15) is 18.2 Å². The first-order valence-corrected chi connectivity index (χ1v) is 8.17. The normalized spacial score (nSPS) is 11.7. The SMILES string of the molecule is CCOC(=O)Cc1csc(NC(=O)C(N)Cc2ccccc2)n1. The van der Waals surface area contributed by atoms with Crippen molar-refractivity contribution in [1.82, 2.24) is 4.98 Å². The fourth-order valence-electron chi connectivity index (χ4n) is 1.96. The molecular formula is C16H19N3O3S. The highest BCUT2D eigenvalue weighted by molar-refractivity contribution is 7.13. The number of hydrogen-bond donors (Lipinski definition) is 2. The Kier molecular flexibility index (Phi) is 6.25. The topological polar surface area (TPSA) is 94.3 Å². The number of ether oxygens (including phenoxy) is 1. The molecule has 0 fully saturated rings. The minimum Gasteiger partial charge on any atom is -0.466 e. The van der Waals surface area contributed by atoms with E-state index in [9.17, 15) is 9.59 Å². The summed E-state index contributed by atoms with van der Waals surface area (Å²) in [6, 6.07) is 8.91. The molecule has 0 bridgehead atoms. The van der Waals surface area contributed by atoms with Crippen LogP contribution < -0.4 is 11.1 Å². The lowest BCUT2D eigenvalue weighted by Crippen LogP contribution is -2.37. The van der Waals surface area contributed by atoms with Gasteiger partial charge >= 0.3 is 5.97 Å². The van der Waals surface area contributed by atoms with E-state index in [0.29, 0.717) is 23.9 Å². The minimum atomic E-state index is -0.658. The van der Waals surface area contributed by atoms with Gasteiger partial charge in [-0.1, -0.05) is 30.3 Å². The van der Waals surface area contributed by atoms with Crippen molar-refractivity contribution in [1.29, 1.82) is 0 Å². The molecule has 2 rings (SSSR count). The van der Waals surface area contributed by atoms with Crippen molar-refractivity contribution < 1.29 is 14.3 Å². The van der Waals surface area contributed by atoms with Crippen molar-refractivity contribution in [3.8, 4) is 0 Å². The van der Waals surface area contributed by atoms with Gasteiger partial charge in [0.15, 0.2) is 5.13 Å². The molecule has 0 spiro atoms. The maximum atomic E-state index is 12.1. The summed E-state index contributed by atoms with van der Waals surface area (Å²) in [5, 5.41) is 4.82. The van der Waals surface area contributed by atoms with Crippen LogP contribution in [-0.4, -0.2) is 29.5 Å². The number of aromatic nitrogens is 1. The first kappa shape index (κ1) is 17.1. The molecule has 122 valence electrons. The Morgan fingerprint density at radius 3 is 2.78 bits per heavy atom. The molecule has 2 aromatic rings. The third kappa shape index (κ3) is 5.46. The maximum Gasteiger partial charge on any atom is 0.311 e. The van der Waals surface area contributed by atoms with E-state index in [0.717, 1.165) is 5.56 Å². The summed E-state index contributed by atoms with van der Waals surface area (Å²) >= 11 is 1.26. The number of nitrogens with two attached hydrogens (primary N) is 1. The van der Waals surface area contributed by atoms with Crippen LogP contribution >= 0.6 is 11.3 Å². The van der Waals surface area contributed by atoms with Gasteiger partial charge in [0.2, 0.25) is 5.91 Å². The summed E-state index contributed by atoms with van der Waals surface area (Å²) in [6.45, 7) is 2.08. The van der Waals surface area contributed by atoms with Gasteiger partial charge in [-0.2, -0.15) is 0 Å². The van der Waals surface area contributed by atoms with Crippen molar-refractivity contribution in [3.05, 3.63) is 47.0 Å². The average Bonchev–Trinajstić information content (AvgIpc) is 2.95. The Morgan fingerprint density at radius 2 is 2.09 bits per heavy atom. The zero-order chi connectivity index (χ0) is 16.7. The second kappa shape index (κ2) is 8.40. The zero-order valence-electron chi connectivity index (χ0n) is 12.8. The summed E-state index contributed by atoms with van der Waals surface area (Å²) in [5.41, 5.74) is 7.48. The lowest BCUT2D eigenvalue weighted by atomic mass is 10.1. The number of thiazole rings is 1. The van der Waals surface area contributed by atoms with Gasteiger partial charge < -0.3 is 15.8 Å². The van der Waals surface area contributed by atoms with Crippen LogP contribution in [0.25, 0.3) is 0 Å². The molecule has 0 saturated heterocycles. The number of nitrogens with zero attached hydrogens (tertiary/aromatic N) is 1. The van der Waals surface area contributed by atoms with Crippen LogP contribution in [0.4, 0.5) is 5.13 Å². The highest BCUT2D eigenvalue weighted by Gasteiger charge is 2.16. The molecule has 3 N–H and O–H groups in total. The number of amides is 1. The summed E-state index contributed by atoms with van der Waals surface area (Å²) < 4.78 is 4.86. The molecule has 1 aromatic carbocycles. The predicted octanol–water partition coefficient (Wildman–Crippen LogP) is 1.76.